The summed E-state index contributed by atoms with van der Waals surface area (Å²) in [4.78, 5) is 23.5. The molecule has 3 rings (SSSR count). The number of benzene rings is 2. The molecule has 5 nitrogen and oxygen atoms in total. The first kappa shape index (κ1) is 18.6. The highest BCUT2D eigenvalue weighted by molar-refractivity contribution is 6.03. The minimum absolute atomic E-state index is 0.250. The van der Waals surface area contributed by atoms with Crippen LogP contribution in [-0.2, 0) is 0 Å². The Labute approximate surface area is 160 Å². The molecule has 3 aromatic rings. The molecule has 0 saturated heterocycles. The largest absolute Gasteiger partial charge is 0.321 e. The quantitative estimate of drug-likeness (QED) is 0.701. The summed E-state index contributed by atoms with van der Waals surface area (Å²) in [5.74, 6) is 0.692. The molecular formula is C22H24N4O. The van der Waals surface area contributed by atoms with Gasteiger partial charge in [0, 0.05) is 24.1 Å². The van der Waals surface area contributed by atoms with Crippen LogP contribution in [0, 0.1) is 6.92 Å². The van der Waals surface area contributed by atoms with E-state index in [1.165, 1.54) is 5.56 Å². The van der Waals surface area contributed by atoms with E-state index in [0.717, 1.165) is 17.1 Å². The van der Waals surface area contributed by atoms with Crippen molar-refractivity contribution in [2.45, 2.75) is 26.7 Å². The zero-order valence-electron chi connectivity index (χ0n) is 16.1. The molecule has 1 heterocycles. The number of rotatable bonds is 5. The van der Waals surface area contributed by atoms with Gasteiger partial charge in [-0.1, -0.05) is 44.2 Å². The SMILES string of the molecule is Cc1cc(C(=O)Nc2ccc(C(C)C)cc2)nc(N(C)c2ccccc2)n1. The lowest BCUT2D eigenvalue weighted by Crippen LogP contribution is -2.19. The number of hydrogen-bond acceptors (Lipinski definition) is 4. The molecule has 2 aromatic carbocycles. The van der Waals surface area contributed by atoms with E-state index in [4.69, 9.17) is 0 Å². The number of hydrogen-bond donors (Lipinski definition) is 1. The van der Waals surface area contributed by atoms with Gasteiger partial charge in [0.25, 0.3) is 5.91 Å². The number of nitrogens with zero attached hydrogens (tertiary/aromatic N) is 3. The fourth-order valence-electron chi connectivity index (χ4n) is 2.73. The summed E-state index contributed by atoms with van der Waals surface area (Å²) in [7, 11) is 1.89. The van der Waals surface area contributed by atoms with Gasteiger partial charge in [-0.05, 0) is 48.7 Å². The van der Waals surface area contributed by atoms with Gasteiger partial charge in [-0.2, -0.15) is 0 Å². The second kappa shape index (κ2) is 7.99. The third kappa shape index (κ3) is 4.50. The third-order valence-electron chi connectivity index (χ3n) is 4.35. The number of aryl methyl sites for hydroxylation is 1. The second-order valence-corrected chi connectivity index (χ2v) is 6.82. The van der Waals surface area contributed by atoms with Gasteiger partial charge in [0.2, 0.25) is 5.95 Å². The summed E-state index contributed by atoms with van der Waals surface area (Å²) in [6.45, 7) is 6.14. The Morgan fingerprint density at radius 3 is 2.30 bits per heavy atom. The smallest absolute Gasteiger partial charge is 0.274 e. The Morgan fingerprint density at radius 1 is 1.00 bits per heavy atom. The first-order valence-corrected chi connectivity index (χ1v) is 9.00. The molecule has 5 heteroatoms. The van der Waals surface area contributed by atoms with E-state index >= 15 is 0 Å². The number of aromatic nitrogens is 2. The van der Waals surface area contributed by atoms with Crippen LogP contribution < -0.4 is 10.2 Å². The van der Waals surface area contributed by atoms with Gasteiger partial charge in [-0.3, -0.25) is 4.79 Å². The lowest BCUT2D eigenvalue weighted by atomic mass is 10.0. The Balaban J connectivity index is 1.81. The Kier molecular flexibility index (Phi) is 5.50. The van der Waals surface area contributed by atoms with Gasteiger partial charge >= 0.3 is 0 Å². The third-order valence-corrected chi connectivity index (χ3v) is 4.35. The molecule has 0 radical (unpaired) electrons. The van der Waals surface area contributed by atoms with Crippen molar-refractivity contribution in [2.24, 2.45) is 0 Å². The predicted octanol–water partition coefficient (Wildman–Crippen LogP) is 4.93. The minimum atomic E-state index is -0.250. The van der Waals surface area contributed by atoms with Crippen molar-refractivity contribution in [3.63, 3.8) is 0 Å². The summed E-state index contributed by atoms with van der Waals surface area (Å²) in [6.07, 6.45) is 0. The molecular weight excluding hydrogens is 336 g/mol. The summed E-state index contributed by atoms with van der Waals surface area (Å²) in [5.41, 5.74) is 4.02. The van der Waals surface area contributed by atoms with Crippen LogP contribution in [-0.4, -0.2) is 22.9 Å². The molecule has 0 saturated carbocycles. The lowest BCUT2D eigenvalue weighted by Gasteiger charge is -2.18. The standard InChI is InChI=1S/C22H24N4O/c1-15(2)17-10-12-18(13-11-17)24-21(27)20-14-16(3)23-22(25-20)26(4)19-8-6-5-7-9-19/h5-15H,1-4H3,(H,24,27). The maximum absolute atomic E-state index is 12.7. The molecule has 1 aromatic heterocycles. The average Bonchev–Trinajstić information content (AvgIpc) is 2.68. The highest BCUT2D eigenvalue weighted by atomic mass is 16.1. The van der Waals surface area contributed by atoms with Crippen LogP contribution >= 0.6 is 0 Å². The van der Waals surface area contributed by atoms with E-state index in [9.17, 15) is 4.79 Å². The summed E-state index contributed by atoms with van der Waals surface area (Å²) in [6, 6.07) is 19.4. The zero-order valence-corrected chi connectivity index (χ0v) is 16.1. The fraction of sp³-hybridized carbons (Fsp3) is 0.227. The second-order valence-electron chi connectivity index (χ2n) is 6.82. The number of anilines is 3. The van der Waals surface area contributed by atoms with Crippen molar-refractivity contribution in [1.82, 2.24) is 9.97 Å². The van der Waals surface area contributed by atoms with Gasteiger partial charge in [0.1, 0.15) is 5.69 Å². The van der Waals surface area contributed by atoms with Gasteiger partial charge in [0.05, 0.1) is 0 Å². The van der Waals surface area contributed by atoms with Crippen LogP contribution in [0.1, 0.15) is 41.5 Å². The van der Waals surface area contributed by atoms with Gasteiger partial charge in [-0.15, -0.1) is 0 Å². The molecule has 0 aliphatic carbocycles. The molecule has 27 heavy (non-hydrogen) atoms. The average molecular weight is 360 g/mol. The van der Waals surface area contributed by atoms with E-state index in [1.54, 1.807) is 6.07 Å². The van der Waals surface area contributed by atoms with Crippen molar-refractivity contribution < 1.29 is 4.79 Å². The number of para-hydroxylation sites is 1. The first-order valence-electron chi connectivity index (χ1n) is 9.00. The van der Waals surface area contributed by atoms with Crippen LogP contribution in [0.3, 0.4) is 0 Å². The van der Waals surface area contributed by atoms with E-state index in [0.29, 0.717) is 17.6 Å². The minimum Gasteiger partial charge on any atom is -0.321 e. The monoisotopic (exact) mass is 360 g/mol. The molecule has 138 valence electrons. The van der Waals surface area contributed by atoms with Gasteiger partial charge in [-0.25, -0.2) is 9.97 Å². The van der Waals surface area contributed by atoms with Crippen molar-refractivity contribution >= 4 is 23.2 Å². The molecule has 0 bridgehead atoms. The maximum Gasteiger partial charge on any atom is 0.274 e. The molecule has 0 atom stereocenters. The summed E-state index contributed by atoms with van der Waals surface area (Å²) in [5, 5.41) is 2.91. The Hall–Kier alpha value is -3.21. The molecule has 1 amide bonds. The van der Waals surface area contributed by atoms with Crippen molar-refractivity contribution in [3.8, 4) is 0 Å². The topological polar surface area (TPSA) is 58.1 Å². The lowest BCUT2D eigenvalue weighted by molar-refractivity contribution is 0.102. The first-order chi connectivity index (χ1) is 12.9. The predicted molar refractivity (Wildman–Crippen MR) is 110 cm³/mol. The van der Waals surface area contributed by atoms with Gasteiger partial charge in [0.15, 0.2) is 0 Å². The molecule has 0 fully saturated rings. The molecule has 0 spiro atoms. The van der Waals surface area contributed by atoms with Crippen LogP contribution in [0.2, 0.25) is 0 Å². The fourth-order valence-corrected chi connectivity index (χ4v) is 2.73. The van der Waals surface area contributed by atoms with Crippen LogP contribution in [0.25, 0.3) is 0 Å². The zero-order chi connectivity index (χ0) is 19.4. The Morgan fingerprint density at radius 2 is 1.67 bits per heavy atom. The molecule has 0 aliphatic heterocycles. The van der Waals surface area contributed by atoms with Crippen LogP contribution in [0.15, 0.2) is 60.7 Å². The number of nitrogens with one attached hydrogen (secondary N) is 1. The molecule has 0 aliphatic rings. The van der Waals surface area contributed by atoms with Crippen LogP contribution in [0.5, 0.6) is 0 Å². The maximum atomic E-state index is 12.7. The number of carbonyl (C=O) groups is 1. The molecule has 1 N–H and O–H groups in total. The van der Waals surface area contributed by atoms with Crippen molar-refractivity contribution in [1.29, 1.82) is 0 Å². The normalized spacial score (nSPS) is 10.7. The summed E-state index contributed by atoms with van der Waals surface area (Å²) >= 11 is 0. The highest BCUT2D eigenvalue weighted by Gasteiger charge is 2.14. The van der Waals surface area contributed by atoms with E-state index in [1.807, 2.05) is 73.5 Å². The van der Waals surface area contributed by atoms with Crippen molar-refractivity contribution in [3.05, 3.63) is 77.6 Å². The summed E-state index contributed by atoms with van der Waals surface area (Å²) < 4.78 is 0. The van der Waals surface area contributed by atoms with Gasteiger partial charge < -0.3 is 10.2 Å². The number of carbonyl (C=O) groups excluding carboxylic acids is 1. The molecule has 0 unspecified atom stereocenters. The van der Waals surface area contributed by atoms with E-state index in [-0.39, 0.29) is 5.91 Å². The number of amides is 1. The van der Waals surface area contributed by atoms with Crippen molar-refractivity contribution in [2.75, 3.05) is 17.3 Å². The highest BCUT2D eigenvalue weighted by Crippen LogP contribution is 2.21. The van der Waals surface area contributed by atoms with Crippen LogP contribution in [0.4, 0.5) is 17.3 Å². The van der Waals surface area contributed by atoms with E-state index < -0.39 is 0 Å². The van der Waals surface area contributed by atoms with E-state index in [2.05, 4.69) is 29.1 Å². The Bertz CT molecular complexity index is 921.